The molecule has 2 N–H and O–H groups in total. The first-order valence-corrected chi connectivity index (χ1v) is 8.01. The molecule has 0 aromatic heterocycles. The molecular weight excluding hydrogens is 296 g/mol. The van der Waals surface area contributed by atoms with Crippen molar-refractivity contribution < 1.29 is 4.79 Å². The summed E-state index contributed by atoms with van der Waals surface area (Å²) in [5.74, 6) is 0. The molecule has 0 bridgehead atoms. The largest absolute Gasteiger partial charge is 0.334 e. The van der Waals surface area contributed by atoms with Crippen LogP contribution in [-0.2, 0) is 6.54 Å². The van der Waals surface area contributed by atoms with Crippen molar-refractivity contribution in [2.75, 3.05) is 0 Å². The summed E-state index contributed by atoms with van der Waals surface area (Å²) in [5.41, 5.74) is 3.18. The molecule has 0 unspecified atom stereocenters. The second kappa shape index (κ2) is 7.97. The summed E-state index contributed by atoms with van der Waals surface area (Å²) in [6, 6.07) is 29.5. The van der Waals surface area contributed by atoms with E-state index in [0.29, 0.717) is 6.54 Å². The van der Waals surface area contributed by atoms with E-state index in [-0.39, 0.29) is 12.1 Å². The summed E-state index contributed by atoms with van der Waals surface area (Å²) in [5, 5.41) is 5.99. The van der Waals surface area contributed by atoms with Crippen LogP contribution in [0.15, 0.2) is 91.0 Å². The molecule has 0 heterocycles. The number of benzene rings is 3. The van der Waals surface area contributed by atoms with Crippen LogP contribution in [0.25, 0.3) is 0 Å². The molecule has 0 saturated heterocycles. The molecule has 3 heteroatoms. The van der Waals surface area contributed by atoms with Crippen LogP contribution in [0, 0.1) is 0 Å². The van der Waals surface area contributed by atoms with Gasteiger partial charge < -0.3 is 10.6 Å². The van der Waals surface area contributed by atoms with Gasteiger partial charge in [0, 0.05) is 6.54 Å². The molecule has 3 aromatic carbocycles. The highest BCUT2D eigenvalue weighted by molar-refractivity contribution is 5.75. The van der Waals surface area contributed by atoms with Crippen molar-refractivity contribution in [3.05, 3.63) is 108 Å². The Morgan fingerprint density at radius 2 is 1.17 bits per heavy atom. The third kappa shape index (κ3) is 4.23. The Kier molecular flexibility index (Phi) is 5.25. The lowest BCUT2D eigenvalue weighted by Crippen LogP contribution is -2.38. The molecule has 0 spiro atoms. The van der Waals surface area contributed by atoms with E-state index in [2.05, 4.69) is 10.6 Å². The predicted molar refractivity (Wildman–Crippen MR) is 96.5 cm³/mol. The van der Waals surface area contributed by atoms with E-state index in [4.69, 9.17) is 0 Å². The number of nitrogens with one attached hydrogen (secondary N) is 2. The van der Waals surface area contributed by atoms with Gasteiger partial charge in [0.1, 0.15) is 0 Å². The van der Waals surface area contributed by atoms with Gasteiger partial charge in [-0.1, -0.05) is 91.0 Å². The first kappa shape index (κ1) is 15.8. The highest BCUT2D eigenvalue weighted by Crippen LogP contribution is 2.21. The Morgan fingerprint density at radius 1 is 0.708 bits per heavy atom. The molecule has 0 fully saturated rings. The zero-order chi connectivity index (χ0) is 16.6. The maximum atomic E-state index is 12.4. The minimum absolute atomic E-state index is 0.178. The molecular formula is C21H20N2O. The van der Waals surface area contributed by atoms with E-state index in [1.807, 2.05) is 91.0 Å². The van der Waals surface area contributed by atoms with Gasteiger partial charge in [0.2, 0.25) is 0 Å². The second-order valence-corrected chi connectivity index (χ2v) is 5.57. The van der Waals surface area contributed by atoms with E-state index in [1.165, 1.54) is 0 Å². The van der Waals surface area contributed by atoms with Crippen molar-refractivity contribution in [3.8, 4) is 0 Å². The lowest BCUT2D eigenvalue weighted by molar-refractivity contribution is 0.238. The Morgan fingerprint density at radius 3 is 1.67 bits per heavy atom. The molecule has 24 heavy (non-hydrogen) atoms. The number of amides is 2. The molecule has 120 valence electrons. The second-order valence-electron chi connectivity index (χ2n) is 5.57. The smallest absolute Gasteiger partial charge is 0.315 e. The van der Waals surface area contributed by atoms with Gasteiger partial charge in [-0.3, -0.25) is 0 Å². The van der Waals surface area contributed by atoms with Gasteiger partial charge in [-0.15, -0.1) is 0 Å². The average Bonchev–Trinajstić information content (AvgIpc) is 2.67. The van der Waals surface area contributed by atoms with E-state index in [9.17, 15) is 4.79 Å². The summed E-state index contributed by atoms with van der Waals surface area (Å²) >= 11 is 0. The Bertz CT molecular complexity index is 718. The van der Waals surface area contributed by atoms with Crippen LogP contribution >= 0.6 is 0 Å². The number of rotatable bonds is 5. The van der Waals surface area contributed by atoms with Gasteiger partial charge in [0.15, 0.2) is 0 Å². The third-order valence-electron chi connectivity index (χ3n) is 3.84. The van der Waals surface area contributed by atoms with Gasteiger partial charge >= 0.3 is 6.03 Å². The van der Waals surface area contributed by atoms with Gasteiger partial charge in [0.05, 0.1) is 6.04 Å². The molecule has 0 aliphatic carbocycles. The summed E-state index contributed by atoms with van der Waals surface area (Å²) in [7, 11) is 0. The van der Waals surface area contributed by atoms with Crippen LogP contribution in [0.2, 0.25) is 0 Å². The normalized spacial score (nSPS) is 10.4. The molecule has 2 amide bonds. The van der Waals surface area contributed by atoms with Crippen LogP contribution < -0.4 is 10.6 Å². The van der Waals surface area contributed by atoms with E-state index in [0.717, 1.165) is 16.7 Å². The van der Waals surface area contributed by atoms with Crippen molar-refractivity contribution in [2.45, 2.75) is 12.6 Å². The van der Waals surface area contributed by atoms with Crippen LogP contribution in [-0.4, -0.2) is 6.03 Å². The van der Waals surface area contributed by atoms with Crippen molar-refractivity contribution in [2.24, 2.45) is 0 Å². The van der Waals surface area contributed by atoms with E-state index >= 15 is 0 Å². The van der Waals surface area contributed by atoms with E-state index < -0.39 is 0 Å². The van der Waals surface area contributed by atoms with Crippen LogP contribution in [0.1, 0.15) is 22.7 Å². The van der Waals surface area contributed by atoms with Gasteiger partial charge in [-0.2, -0.15) is 0 Å². The third-order valence-corrected chi connectivity index (χ3v) is 3.84. The van der Waals surface area contributed by atoms with Crippen LogP contribution in [0.3, 0.4) is 0 Å². The number of urea groups is 1. The molecule has 3 rings (SSSR count). The van der Waals surface area contributed by atoms with Crippen molar-refractivity contribution in [3.63, 3.8) is 0 Å². The van der Waals surface area contributed by atoms with Crippen LogP contribution in [0.4, 0.5) is 4.79 Å². The SMILES string of the molecule is O=C(NCc1ccccc1)NC(c1ccccc1)c1ccccc1. The van der Waals surface area contributed by atoms with Crippen LogP contribution in [0.5, 0.6) is 0 Å². The minimum atomic E-state index is -0.184. The molecule has 0 aliphatic heterocycles. The summed E-state index contributed by atoms with van der Waals surface area (Å²) in [4.78, 5) is 12.4. The fraction of sp³-hybridized carbons (Fsp3) is 0.0952. The van der Waals surface area contributed by atoms with Gasteiger partial charge in [-0.05, 0) is 16.7 Å². The maximum Gasteiger partial charge on any atom is 0.315 e. The quantitative estimate of drug-likeness (QED) is 0.725. The lowest BCUT2D eigenvalue weighted by Gasteiger charge is -2.20. The number of hydrogen-bond donors (Lipinski definition) is 2. The van der Waals surface area contributed by atoms with E-state index in [1.54, 1.807) is 0 Å². The highest BCUT2D eigenvalue weighted by Gasteiger charge is 2.16. The summed E-state index contributed by atoms with van der Waals surface area (Å²) in [6.45, 7) is 0.503. The molecule has 0 aliphatic rings. The standard InChI is InChI=1S/C21H20N2O/c24-21(22-16-17-10-4-1-5-11-17)23-20(18-12-6-2-7-13-18)19-14-8-3-9-15-19/h1-15,20H,16H2,(H2,22,23,24). The average molecular weight is 316 g/mol. The topological polar surface area (TPSA) is 41.1 Å². The first-order valence-electron chi connectivity index (χ1n) is 8.01. The van der Waals surface area contributed by atoms with Crippen molar-refractivity contribution in [1.29, 1.82) is 0 Å². The zero-order valence-electron chi connectivity index (χ0n) is 13.4. The monoisotopic (exact) mass is 316 g/mol. The Balaban J connectivity index is 1.71. The molecule has 0 atom stereocenters. The highest BCUT2D eigenvalue weighted by atomic mass is 16.2. The first-order chi connectivity index (χ1) is 11.8. The van der Waals surface area contributed by atoms with Crippen molar-refractivity contribution in [1.82, 2.24) is 10.6 Å². The van der Waals surface area contributed by atoms with Gasteiger partial charge in [-0.25, -0.2) is 4.79 Å². The summed E-state index contributed by atoms with van der Waals surface area (Å²) < 4.78 is 0. The zero-order valence-corrected chi connectivity index (χ0v) is 13.4. The number of carbonyl (C=O) groups excluding carboxylic acids is 1. The molecule has 3 aromatic rings. The summed E-state index contributed by atoms with van der Waals surface area (Å²) in [6.07, 6.45) is 0. The lowest BCUT2D eigenvalue weighted by atomic mass is 9.99. The Labute approximate surface area is 142 Å². The Hall–Kier alpha value is -3.07. The van der Waals surface area contributed by atoms with Gasteiger partial charge in [0.25, 0.3) is 0 Å². The molecule has 3 nitrogen and oxygen atoms in total. The fourth-order valence-corrected chi connectivity index (χ4v) is 2.61. The molecule has 0 saturated carbocycles. The number of hydrogen-bond acceptors (Lipinski definition) is 1. The van der Waals surface area contributed by atoms with Crippen molar-refractivity contribution >= 4 is 6.03 Å². The number of carbonyl (C=O) groups is 1. The molecule has 0 radical (unpaired) electrons. The minimum Gasteiger partial charge on any atom is -0.334 e. The predicted octanol–water partition coefficient (Wildman–Crippen LogP) is 4.28. The fourth-order valence-electron chi connectivity index (χ4n) is 2.61. The maximum absolute atomic E-state index is 12.4.